The number of anilines is 1. The maximum Gasteiger partial charge on any atom is 0.237 e. The SMILES string of the molecule is Cc1ccc(-c2nnc(S[C@H](C)C(=O)Nc3cc(C)ccc3C)n2N)cc1. The Hall–Kier alpha value is -2.80. The standard InChI is InChI=1S/C20H23N5OS/c1-12-6-9-16(10-7-12)18-23-24-20(25(18)21)27-15(4)19(26)22-17-11-13(2)5-8-14(17)3/h5-11,15H,21H2,1-4H3,(H,22,26)/t15-/m1/s1. The number of nitrogens with one attached hydrogen (secondary N) is 1. The number of thioether (sulfide) groups is 1. The summed E-state index contributed by atoms with van der Waals surface area (Å²) in [5.41, 5.74) is 4.99. The number of carbonyl (C=O) groups is 1. The number of hydrogen-bond donors (Lipinski definition) is 2. The molecule has 3 aromatic rings. The van der Waals surface area contributed by atoms with Gasteiger partial charge in [0.1, 0.15) is 0 Å². The van der Waals surface area contributed by atoms with E-state index in [1.165, 1.54) is 16.4 Å². The van der Waals surface area contributed by atoms with Gasteiger partial charge in [0, 0.05) is 11.3 Å². The zero-order chi connectivity index (χ0) is 19.6. The van der Waals surface area contributed by atoms with Crippen LogP contribution < -0.4 is 11.2 Å². The molecular formula is C20H23N5OS. The zero-order valence-corrected chi connectivity index (χ0v) is 16.7. The van der Waals surface area contributed by atoms with Gasteiger partial charge in [-0.3, -0.25) is 4.79 Å². The molecule has 3 N–H and O–H groups in total. The molecule has 0 spiro atoms. The van der Waals surface area contributed by atoms with Crippen molar-refractivity contribution in [1.82, 2.24) is 14.9 Å². The molecule has 0 aliphatic rings. The third kappa shape index (κ3) is 4.31. The van der Waals surface area contributed by atoms with Crippen molar-refractivity contribution >= 4 is 23.4 Å². The average Bonchev–Trinajstić information content (AvgIpc) is 2.99. The minimum Gasteiger partial charge on any atom is -0.335 e. The number of benzene rings is 2. The molecule has 3 rings (SSSR count). The van der Waals surface area contributed by atoms with Crippen molar-refractivity contribution < 1.29 is 4.79 Å². The normalized spacial score (nSPS) is 12.0. The summed E-state index contributed by atoms with van der Waals surface area (Å²) in [5.74, 6) is 6.62. The lowest BCUT2D eigenvalue weighted by Gasteiger charge is -2.13. The Morgan fingerprint density at radius 3 is 2.44 bits per heavy atom. The van der Waals surface area contributed by atoms with Crippen LogP contribution in [0.5, 0.6) is 0 Å². The smallest absolute Gasteiger partial charge is 0.237 e. The highest BCUT2D eigenvalue weighted by Crippen LogP contribution is 2.26. The number of nitrogen functional groups attached to an aromatic ring is 1. The number of aryl methyl sites for hydroxylation is 3. The van der Waals surface area contributed by atoms with E-state index >= 15 is 0 Å². The Balaban J connectivity index is 1.72. The molecule has 0 saturated heterocycles. The first-order chi connectivity index (χ1) is 12.8. The van der Waals surface area contributed by atoms with E-state index in [9.17, 15) is 4.79 Å². The molecule has 0 fully saturated rings. The van der Waals surface area contributed by atoms with Gasteiger partial charge in [0.25, 0.3) is 0 Å². The van der Waals surface area contributed by atoms with Crippen LogP contribution in [0.1, 0.15) is 23.6 Å². The van der Waals surface area contributed by atoms with Crippen molar-refractivity contribution in [3.63, 3.8) is 0 Å². The maximum atomic E-state index is 12.6. The van der Waals surface area contributed by atoms with E-state index in [-0.39, 0.29) is 11.2 Å². The van der Waals surface area contributed by atoms with Crippen molar-refractivity contribution in [2.45, 2.75) is 38.1 Å². The van der Waals surface area contributed by atoms with Crippen molar-refractivity contribution in [1.29, 1.82) is 0 Å². The minimum absolute atomic E-state index is 0.103. The van der Waals surface area contributed by atoms with Gasteiger partial charge in [-0.2, -0.15) is 0 Å². The molecule has 1 aromatic heterocycles. The Morgan fingerprint density at radius 1 is 1.07 bits per heavy atom. The Kier molecular flexibility index (Phi) is 5.51. The van der Waals surface area contributed by atoms with Gasteiger partial charge in [-0.25, -0.2) is 4.68 Å². The topological polar surface area (TPSA) is 85.8 Å². The molecule has 7 heteroatoms. The summed E-state index contributed by atoms with van der Waals surface area (Å²) in [6.45, 7) is 7.81. The first kappa shape index (κ1) is 19.0. The minimum atomic E-state index is -0.373. The fourth-order valence-corrected chi connectivity index (χ4v) is 3.34. The molecule has 0 aliphatic carbocycles. The molecule has 27 heavy (non-hydrogen) atoms. The molecule has 1 heterocycles. The summed E-state index contributed by atoms with van der Waals surface area (Å²) in [7, 11) is 0. The van der Waals surface area contributed by atoms with E-state index in [4.69, 9.17) is 5.84 Å². The maximum absolute atomic E-state index is 12.6. The molecule has 0 aliphatic heterocycles. The van der Waals surface area contributed by atoms with Crippen LogP contribution in [0.2, 0.25) is 0 Å². The quantitative estimate of drug-likeness (QED) is 0.520. The fourth-order valence-electron chi connectivity index (χ4n) is 2.57. The highest BCUT2D eigenvalue weighted by Gasteiger charge is 2.20. The van der Waals surface area contributed by atoms with E-state index in [1.54, 1.807) is 0 Å². The highest BCUT2D eigenvalue weighted by molar-refractivity contribution is 8.00. The molecule has 0 bridgehead atoms. The van der Waals surface area contributed by atoms with E-state index in [1.807, 2.05) is 70.2 Å². The molecule has 2 aromatic carbocycles. The number of amides is 1. The molecular weight excluding hydrogens is 358 g/mol. The van der Waals surface area contributed by atoms with Crippen LogP contribution >= 0.6 is 11.8 Å². The van der Waals surface area contributed by atoms with Crippen LogP contribution in [0.15, 0.2) is 47.6 Å². The third-order valence-electron chi connectivity index (χ3n) is 4.28. The average molecular weight is 382 g/mol. The first-order valence-electron chi connectivity index (χ1n) is 8.67. The third-order valence-corrected chi connectivity index (χ3v) is 5.33. The van der Waals surface area contributed by atoms with E-state index in [0.717, 1.165) is 27.9 Å². The lowest BCUT2D eigenvalue weighted by atomic mass is 10.1. The number of nitrogens with two attached hydrogens (primary N) is 1. The molecule has 0 unspecified atom stereocenters. The lowest BCUT2D eigenvalue weighted by Crippen LogP contribution is -2.24. The van der Waals surface area contributed by atoms with Gasteiger partial charge in [0.2, 0.25) is 11.1 Å². The second-order valence-corrected chi connectivity index (χ2v) is 7.92. The van der Waals surface area contributed by atoms with Crippen molar-refractivity contribution in [2.75, 3.05) is 11.2 Å². The highest BCUT2D eigenvalue weighted by atomic mass is 32.2. The summed E-state index contributed by atoms with van der Waals surface area (Å²) in [6, 6.07) is 13.9. The van der Waals surface area contributed by atoms with Crippen LogP contribution in [-0.2, 0) is 4.79 Å². The molecule has 1 amide bonds. The zero-order valence-electron chi connectivity index (χ0n) is 15.9. The summed E-state index contributed by atoms with van der Waals surface area (Å²) in [4.78, 5) is 12.6. The largest absolute Gasteiger partial charge is 0.335 e. The first-order valence-corrected chi connectivity index (χ1v) is 9.55. The molecule has 1 atom stereocenters. The van der Waals surface area contributed by atoms with Crippen LogP contribution in [0.25, 0.3) is 11.4 Å². The molecule has 0 radical (unpaired) electrons. The number of hydrogen-bond acceptors (Lipinski definition) is 5. The van der Waals surface area contributed by atoms with E-state index < -0.39 is 0 Å². The molecule has 140 valence electrons. The van der Waals surface area contributed by atoms with Crippen LogP contribution in [0.4, 0.5) is 5.69 Å². The fraction of sp³-hybridized carbons (Fsp3) is 0.250. The lowest BCUT2D eigenvalue weighted by molar-refractivity contribution is -0.115. The molecule has 6 nitrogen and oxygen atoms in total. The van der Waals surface area contributed by atoms with E-state index in [2.05, 4.69) is 15.5 Å². The Morgan fingerprint density at radius 2 is 1.74 bits per heavy atom. The second-order valence-electron chi connectivity index (χ2n) is 6.61. The summed E-state index contributed by atoms with van der Waals surface area (Å²) >= 11 is 1.28. The number of carbonyl (C=O) groups excluding carboxylic acids is 1. The van der Waals surface area contributed by atoms with E-state index in [0.29, 0.717) is 11.0 Å². The Bertz CT molecular complexity index is 965. The predicted octanol–water partition coefficient (Wildman–Crippen LogP) is 3.70. The monoisotopic (exact) mass is 381 g/mol. The van der Waals surface area contributed by atoms with Gasteiger partial charge < -0.3 is 11.2 Å². The number of rotatable bonds is 5. The van der Waals surface area contributed by atoms with Crippen molar-refractivity contribution in [3.8, 4) is 11.4 Å². The van der Waals surface area contributed by atoms with Crippen molar-refractivity contribution in [3.05, 3.63) is 59.2 Å². The number of nitrogens with zero attached hydrogens (tertiary/aromatic N) is 3. The molecule has 0 saturated carbocycles. The van der Waals surface area contributed by atoms with Gasteiger partial charge in [-0.05, 0) is 44.9 Å². The van der Waals surface area contributed by atoms with Crippen LogP contribution in [0, 0.1) is 20.8 Å². The summed E-state index contributed by atoms with van der Waals surface area (Å²) in [6.07, 6.45) is 0. The van der Waals surface area contributed by atoms with Gasteiger partial charge in [0.15, 0.2) is 5.82 Å². The van der Waals surface area contributed by atoms with Gasteiger partial charge in [-0.15, -0.1) is 10.2 Å². The van der Waals surface area contributed by atoms with Crippen molar-refractivity contribution in [2.24, 2.45) is 0 Å². The summed E-state index contributed by atoms with van der Waals surface area (Å²) in [5, 5.41) is 11.4. The Labute approximate surface area is 163 Å². The van der Waals surface area contributed by atoms with Gasteiger partial charge in [-0.1, -0.05) is 53.7 Å². The van der Waals surface area contributed by atoms with Gasteiger partial charge in [0.05, 0.1) is 5.25 Å². The second kappa shape index (κ2) is 7.84. The summed E-state index contributed by atoms with van der Waals surface area (Å²) < 4.78 is 1.43. The predicted molar refractivity (Wildman–Crippen MR) is 110 cm³/mol. The van der Waals surface area contributed by atoms with Crippen LogP contribution in [0.3, 0.4) is 0 Å². The van der Waals surface area contributed by atoms with Crippen LogP contribution in [-0.4, -0.2) is 26.0 Å². The number of aromatic nitrogens is 3. The van der Waals surface area contributed by atoms with Gasteiger partial charge >= 0.3 is 0 Å².